The van der Waals surface area contributed by atoms with Crippen LogP contribution in [0.3, 0.4) is 0 Å². The molecule has 0 saturated heterocycles. The lowest BCUT2D eigenvalue weighted by Crippen LogP contribution is -2.21. The molecule has 8 nitrogen and oxygen atoms in total. The SMILES string of the molecule is CC(=O)c1cccc(NC(=O)Cn2nnc(C(=O)Nc3ccc(C)c(F)c3)c2C)c1. The van der Waals surface area contributed by atoms with Crippen molar-refractivity contribution in [3.05, 3.63) is 70.8 Å². The number of nitrogens with zero attached hydrogens (tertiary/aromatic N) is 3. The van der Waals surface area contributed by atoms with Gasteiger partial charge in [-0.15, -0.1) is 5.10 Å². The second-order valence-electron chi connectivity index (χ2n) is 6.78. The Labute approximate surface area is 172 Å². The molecular formula is C21H20FN5O3. The van der Waals surface area contributed by atoms with Crippen LogP contribution in [0, 0.1) is 19.7 Å². The van der Waals surface area contributed by atoms with E-state index in [0.717, 1.165) is 0 Å². The summed E-state index contributed by atoms with van der Waals surface area (Å²) in [5, 5.41) is 12.9. The van der Waals surface area contributed by atoms with Crippen molar-refractivity contribution in [3.8, 4) is 0 Å². The Morgan fingerprint density at radius 1 is 1.03 bits per heavy atom. The number of nitrogens with one attached hydrogen (secondary N) is 2. The maximum Gasteiger partial charge on any atom is 0.278 e. The molecule has 0 saturated carbocycles. The van der Waals surface area contributed by atoms with E-state index in [-0.39, 0.29) is 18.0 Å². The monoisotopic (exact) mass is 409 g/mol. The summed E-state index contributed by atoms with van der Waals surface area (Å²) in [6.07, 6.45) is 0. The molecule has 9 heteroatoms. The second kappa shape index (κ2) is 8.64. The number of rotatable bonds is 6. The summed E-state index contributed by atoms with van der Waals surface area (Å²) in [5.41, 5.74) is 2.13. The van der Waals surface area contributed by atoms with Crippen LogP contribution in [0.1, 0.15) is 39.0 Å². The molecular weight excluding hydrogens is 389 g/mol. The fourth-order valence-electron chi connectivity index (χ4n) is 2.73. The van der Waals surface area contributed by atoms with Gasteiger partial charge in [0.25, 0.3) is 5.91 Å². The number of carbonyl (C=O) groups is 3. The maximum atomic E-state index is 13.7. The van der Waals surface area contributed by atoms with Crippen LogP contribution in [-0.2, 0) is 11.3 Å². The standard InChI is InChI=1S/C21H20FN5O3/c1-12-7-8-17(10-18(12)22)24-21(30)20-13(2)27(26-25-20)11-19(29)23-16-6-4-5-15(9-16)14(3)28/h4-10H,11H2,1-3H3,(H,23,29)(H,24,30). The van der Waals surface area contributed by atoms with Gasteiger partial charge in [-0.2, -0.15) is 0 Å². The number of Topliss-reactive ketones (excluding diaryl/α,β-unsaturated/α-hetero) is 1. The Hall–Kier alpha value is -3.88. The predicted octanol–water partition coefficient (Wildman–Crippen LogP) is 3.13. The van der Waals surface area contributed by atoms with Crippen LogP contribution in [0.5, 0.6) is 0 Å². The molecule has 0 aliphatic heterocycles. The number of benzene rings is 2. The molecule has 0 unspecified atom stereocenters. The third-order valence-electron chi connectivity index (χ3n) is 4.47. The quantitative estimate of drug-likeness (QED) is 0.609. The first-order chi connectivity index (χ1) is 14.2. The van der Waals surface area contributed by atoms with Crippen molar-refractivity contribution in [2.45, 2.75) is 27.3 Å². The summed E-state index contributed by atoms with van der Waals surface area (Å²) in [5.74, 6) is -1.49. The summed E-state index contributed by atoms with van der Waals surface area (Å²) in [4.78, 5) is 36.2. The minimum absolute atomic E-state index is 0.0300. The number of aromatic nitrogens is 3. The van der Waals surface area contributed by atoms with Crippen molar-refractivity contribution in [3.63, 3.8) is 0 Å². The topological polar surface area (TPSA) is 106 Å². The Morgan fingerprint density at radius 3 is 2.47 bits per heavy atom. The van der Waals surface area contributed by atoms with Gasteiger partial charge in [-0.05, 0) is 50.6 Å². The number of halogens is 1. The van der Waals surface area contributed by atoms with E-state index in [4.69, 9.17) is 0 Å². The largest absolute Gasteiger partial charge is 0.324 e. The molecule has 2 aromatic carbocycles. The Morgan fingerprint density at radius 2 is 1.77 bits per heavy atom. The first-order valence-corrected chi connectivity index (χ1v) is 9.13. The average Bonchev–Trinajstić information content (AvgIpc) is 3.05. The third-order valence-corrected chi connectivity index (χ3v) is 4.47. The highest BCUT2D eigenvalue weighted by Gasteiger charge is 2.18. The fraction of sp³-hybridized carbons (Fsp3) is 0.190. The normalized spacial score (nSPS) is 10.5. The van der Waals surface area contributed by atoms with Gasteiger partial charge in [-0.25, -0.2) is 9.07 Å². The van der Waals surface area contributed by atoms with E-state index in [1.807, 2.05) is 0 Å². The van der Waals surface area contributed by atoms with Gasteiger partial charge in [0, 0.05) is 16.9 Å². The number of aryl methyl sites for hydroxylation is 1. The van der Waals surface area contributed by atoms with Gasteiger partial charge in [-0.3, -0.25) is 14.4 Å². The first-order valence-electron chi connectivity index (χ1n) is 9.13. The van der Waals surface area contributed by atoms with Gasteiger partial charge < -0.3 is 10.6 Å². The molecule has 0 bridgehead atoms. The summed E-state index contributed by atoms with van der Waals surface area (Å²) in [6.45, 7) is 4.50. The summed E-state index contributed by atoms with van der Waals surface area (Å²) in [6, 6.07) is 10.9. The number of amides is 2. The zero-order chi connectivity index (χ0) is 21.8. The molecule has 2 N–H and O–H groups in total. The molecule has 30 heavy (non-hydrogen) atoms. The predicted molar refractivity (Wildman–Crippen MR) is 109 cm³/mol. The van der Waals surface area contributed by atoms with Gasteiger partial charge in [-0.1, -0.05) is 23.4 Å². The van der Waals surface area contributed by atoms with Gasteiger partial charge in [0.05, 0.1) is 5.69 Å². The zero-order valence-electron chi connectivity index (χ0n) is 16.7. The Bertz CT molecular complexity index is 1140. The van der Waals surface area contributed by atoms with E-state index in [9.17, 15) is 18.8 Å². The van der Waals surface area contributed by atoms with Crippen LogP contribution < -0.4 is 10.6 Å². The number of hydrogen-bond donors (Lipinski definition) is 2. The molecule has 154 valence electrons. The van der Waals surface area contributed by atoms with Crippen LogP contribution in [0.2, 0.25) is 0 Å². The minimum atomic E-state index is -0.559. The van der Waals surface area contributed by atoms with Crippen molar-refractivity contribution >= 4 is 29.0 Å². The van der Waals surface area contributed by atoms with Crippen molar-refractivity contribution < 1.29 is 18.8 Å². The number of hydrogen-bond acceptors (Lipinski definition) is 5. The maximum absolute atomic E-state index is 13.7. The highest BCUT2D eigenvalue weighted by molar-refractivity contribution is 6.03. The van der Waals surface area contributed by atoms with Crippen molar-refractivity contribution in [2.24, 2.45) is 0 Å². The van der Waals surface area contributed by atoms with E-state index in [2.05, 4.69) is 20.9 Å². The highest BCUT2D eigenvalue weighted by Crippen LogP contribution is 2.16. The van der Waals surface area contributed by atoms with Gasteiger partial charge in [0.1, 0.15) is 12.4 Å². The highest BCUT2D eigenvalue weighted by atomic mass is 19.1. The first kappa shape index (κ1) is 20.8. The molecule has 3 rings (SSSR count). The van der Waals surface area contributed by atoms with Crippen LogP contribution in [0.4, 0.5) is 15.8 Å². The lowest BCUT2D eigenvalue weighted by atomic mass is 10.1. The van der Waals surface area contributed by atoms with E-state index in [1.165, 1.54) is 17.7 Å². The fourth-order valence-corrected chi connectivity index (χ4v) is 2.73. The second-order valence-corrected chi connectivity index (χ2v) is 6.78. The van der Waals surface area contributed by atoms with E-state index in [1.54, 1.807) is 50.2 Å². The molecule has 2 amide bonds. The van der Waals surface area contributed by atoms with Crippen molar-refractivity contribution in [1.29, 1.82) is 0 Å². The van der Waals surface area contributed by atoms with E-state index in [0.29, 0.717) is 28.2 Å². The average molecular weight is 409 g/mol. The third kappa shape index (κ3) is 4.75. The van der Waals surface area contributed by atoms with Gasteiger partial charge in [0.2, 0.25) is 5.91 Å². The summed E-state index contributed by atoms with van der Waals surface area (Å²) < 4.78 is 14.9. The van der Waals surface area contributed by atoms with Crippen LogP contribution in [-0.4, -0.2) is 32.6 Å². The number of carbonyl (C=O) groups excluding carboxylic acids is 3. The molecule has 0 radical (unpaired) electrons. The smallest absolute Gasteiger partial charge is 0.278 e. The van der Waals surface area contributed by atoms with Crippen molar-refractivity contribution in [2.75, 3.05) is 10.6 Å². The van der Waals surface area contributed by atoms with Crippen LogP contribution in [0.15, 0.2) is 42.5 Å². The Balaban J connectivity index is 1.67. The Kier molecular flexibility index (Phi) is 6.01. The molecule has 1 heterocycles. The molecule has 3 aromatic rings. The molecule has 0 fully saturated rings. The summed E-state index contributed by atoms with van der Waals surface area (Å²) >= 11 is 0. The lowest BCUT2D eigenvalue weighted by molar-refractivity contribution is -0.117. The lowest BCUT2D eigenvalue weighted by Gasteiger charge is -2.08. The summed E-state index contributed by atoms with van der Waals surface area (Å²) in [7, 11) is 0. The van der Waals surface area contributed by atoms with Crippen LogP contribution >= 0.6 is 0 Å². The molecule has 0 aliphatic rings. The van der Waals surface area contributed by atoms with Crippen molar-refractivity contribution in [1.82, 2.24) is 15.0 Å². The minimum Gasteiger partial charge on any atom is -0.324 e. The molecule has 0 spiro atoms. The zero-order valence-corrected chi connectivity index (χ0v) is 16.7. The number of ketones is 1. The van der Waals surface area contributed by atoms with Gasteiger partial charge >= 0.3 is 0 Å². The molecule has 0 atom stereocenters. The van der Waals surface area contributed by atoms with Crippen LogP contribution in [0.25, 0.3) is 0 Å². The van der Waals surface area contributed by atoms with E-state index >= 15 is 0 Å². The molecule has 1 aromatic heterocycles. The van der Waals surface area contributed by atoms with Gasteiger partial charge in [0.15, 0.2) is 11.5 Å². The number of anilines is 2. The molecule has 0 aliphatic carbocycles. The van der Waals surface area contributed by atoms with E-state index < -0.39 is 17.6 Å².